The van der Waals surface area contributed by atoms with Gasteiger partial charge in [-0.05, 0) is 23.8 Å². The SMILES string of the molecule is CC(CCl)C(=O)Nc1ccc(Cn2cccn2)cc1. The first kappa shape index (κ1) is 13.6. The molecule has 100 valence electrons. The van der Waals surface area contributed by atoms with Crippen molar-refractivity contribution in [3.63, 3.8) is 0 Å². The molecule has 1 amide bonds. The van der Waals surface area contributed by atoms with Crippen LogP contribution in [-0.4, -0.2) is 21.6 Å². The summed E-state index contributed by atoms with van der Waals surface area (Å²) in [5.41, 5.74) is 1.92. The molecule has 0 aliphatic rings. The first-order valence-electron chi connectivity index (χ1n) is 6.12. The summed E-state index contributed by atoms with van der Waals surface area (Å²) in [6, 6.07) is 9.61. The molecular weight excluding hydrogens is 262 g/mol. The molecule has 0 bridgehead atoms. The van der Waals surface area contributed by atoms with E-state index in [1.807, 2.05) is 41.2 Å². The lowest BCUT2D eigenvalue weighted by Crippen LogP contribution is -2.21. The number of rotatable bonds is 5. The molecule has 1 unspecified atom stereocenters. The first-order valence-corrected chi connectivity index (χ1v) is 6.65. The third-order valence-electron chi connectivity index (χ3n) is 2.80. The third-order valence-corrected chi connectivity index (χ3v) is 3.27. The number of carbonyl (C=O) groups is 1. The van der Waals surface area contributed by atoms with Crippen molar-refractivity contribution < 1.29 is 4.79 Å². The molecule has 2 aromatic rings. The van der Waals surface area contributed by atoms with E-state index in [1.165, 1.54) is 0 Å². The first-order chi connectivity index (χ1) is 9.19. The Kier molecular flexibility index (Phi) is 4.58. The summed E-state index contributed by atoms with van der Waals surface area (Å²) in [5.74, 6) is 0.0729. The molecule has 1 aromatic heterocycles. The number of anilines is 1. The third kappa shape index (κ3) is 3.83. The summed E-state index contributed by atoms with van der Waals surface area (Å²) in [4.78, 5) is 11.7. The molecule has 1 N–H and O–H groups in total. The van der Waals surface area contributed by atoms with Crippen molar-refractivity contribution in [2.45, 2.75) is 13.5 Å². The molecule has 0 fully saturated rings. The lowest BCUT2D eigenvalue weighted by Gasteiger charge is -2.10. The molecule has 0 spiro atoms. The van der Waals surface area contributed by atoms with Crippen LogP contribution in [-0.2, 0) is 11.3 Å². The number of aromatic nitrogens is 2. The van der Waals surface area contributed by atoms with Crippen LogP contribution in [0, 0.1) is 5.92 Å². The van der Waals surface area contributed by atoms with Gasteiger partial charge in [0.15, 0.2) is 0 Å². The van der Waals surface area contributed by atoms with Crippen molar-refractivity contribution in [3.8, 4) is 0 Å². The number of hydrogen-bond donors (Lipinski definition) is 1. The Morgan fingerprint density at radius 1 is 1.42 bits per heavy atom. The van der Waals surface area contributed by atoms with Crippen LogP contribution in [0.25, 0.3) is 0 Å². The number of halogens is 1. The monoisotopic (exact) mass is 277 g/mol. The van der Waals surface area contributed by atoms with Gasteiger partial charge in [0.05, 0.1) is 6.54 Å². The van der Waals surface area contributed by atoms with E-state index < -0.39 is 0 Å². The van der Waals surface area contributed by atoms with Gasteiger partial charge in [0, 0.05) is 29.9 Å². The molecule has 4 nitrogen and oxygen atoms in total. The van der Waals surface area contributed by atoms with Gasteiger partial charge in [0.2, 0.25) is 5.91 Å². The fourth-order valence-corrected chi connectivity index (χ4v) is 1.75. The van der Waals surface area contributed by atoms with Crippen LogP contribution < -0.4 is 5.32 Å². The summed E-state index contributed by atoms with van der Waals surface area (Å²) in [6.07, 6.45) is 3.67. The average Bonchev–Trinajstić information content (AvgIpc) is 2.93. The average molecular weight is 278 g/mol. The van der Waals surface area contributed by atoms with Crippen LogP contribution in [0.1, 0.15) is 12.5 Å². The minimum Gasteiger partial charge on any atom is -0.326 e. The van der Waals surface area contributed by atoms with Crippen molar-refractivity contribution in [1.82, 2.24) is 9.78 Å². The number of carbonyl (C=O) groups excluding carboxylic acids is 1. The van der Waals surface area contributed by atoms with E-state index in [0.29, 0.717) is 5.88 Å². The van der Waals surface area contributed by atoms with Gasteiger partial charge in [0.1, 0.15) is 0 Å². The number of nitrogens with one attached hydrogen (secondary N) is 1. The standard InChI is InChI=1S/C14H16ClN3O/c1-11(9-15)14(19)17-13-5-3-12(4-6-13)10-18-8-2-7-16-18/h2-8,11H,9-10H2,1H3,(H,17,19). The molecule has 1 heterocycles. The van der Waals surface area contributed by atoms with Crippen molar-refractivity contribution in [2.75, 3.05) is 11.2 Å². The fraction of sp³-hybridized carbons (Fsp3) is 0.286. The molecule has 1 aromatic carbocycles. The molecule has 0 radical (unpaired) electrons. The smallest absolute Gasteiger partial charge is 0.228 e. The second-order valence-electron chi connectivity index (χ2n) is 4.45. The van der Waals surface area contributed by atoms with E-state index in [-0.39, 0.29) is 11.8 Å². The molecule has 0 saturated heterocycles. The maximum absolute atomic E-state index is 11.7. The van der Waals surface area contributed by atoms with Gasteiger partial charge < -0.3 is 5.32 Å². The van der Waals surface area contributed by atoms with Gasteiger partial charge in [0.25, 0.3) is 0 Å². The Hall–Kier alpha value is -1.81. The maximum atomic E-state index is 11.7. The Labute approximate surface area is 117 Å². The van der Waals surface area contributed by atoms with Crippen LogP contribution in [0.5, 0.6) is 0 Å². The fourth-order valence-electron chi connectivity index (χ4n) is 1.61. The normalized spacial score (nSPS) is 12.1. The highest BCUT2D eigenvalue weighted by Crippen LogP contribution is 2.12. The van der Waals surface area contributed by atoms with Gasteiger partial charge in [-0.3, -0.25) is 9.48 Å². The van der Waals surface area contributed by atoms with Crippen molar-refractivity contribution in [1.29, 1.82) is 0 Å². The van der Waals surface area contributed by atoms with Crippen molar-refractivity contribution in [3.05, 3.63) is 48.3 Å². The molecule has 2 rings (SSSR count). The largest absolute Gasteiger partial charge is 0.326 e. The van der Waals surface area contributed by atoms with Crippen LogP contribution >= 0.6 is 11.6 Å². The van der Waals surface area contributed by atoms with Gasteiger partial charge in [-0.15, -0.1) is 11.6 Å². The van der Waals surface area contributed by atoms with Gasteiger partial charge in [-0.2, -0.15) is 5.10 Å². The maximum Gasteiger partial charge on any atom is 0.228 e. The second kappa shape index (κ2) is 6.38. The van der Waals surface area contributed by atoms with Crippen LogP contribution in [0.15, 0.2) is 42.7 Å². The predicted molar refractivity (Wildman–Crippen MR) is 76.3 cm³/mol. The quantitative estimate of drug-likeness (QED) is 0.854. The van der Waals surface area contributed by atoms with E-state index in [4.69, 9.17) is 11.6 Å². The van der Waals surface area contributed by atoms with E-state index in [9.17, 15) is 4.79 Å². The van der Waals surface area contributed by atoms with E-state index >= 15 is 0 Å². The Bertz CT molecular complexity index is 522. The number of nitrogens with zero attached hydrogens (tertiary/aromatic N) is 2. The molecule has 1 atom stereocenters. The Balaban J connectivity index is 1.96. The lowest BCUT2D eigenvalue weighted by molar-refractivity contribution is -0.118. The highest BCUT2D eigenvalue weighted by molar-refractivity contribution is 6.19. The second-order valence-corrected chi connectivity index (χ2v) is 4.75. The molecule has 0 saturated carbocycles. The zero-order valence-electron chi connectivity index (χ0n) is 10.7. The van der Waals surface area contributed by atoms with Crippen LogP contribution in [0.3, 0.4) is 0 Å². The van der Waals surface area contributed by atoms with E-state index in [2.05, 4.69) is 10.4 Å². The number of alkyl halides is 1. The minimum atomic E-state index is -0.189. The molecule has 19 heavy (non-hydrogen) atoms. The van der Waals surface area contributed by atoms with Gasteiger partial charge in [-0.1, -0.05) is 19.1 Å². The van der Waals surface area contributed by atoms with Gasteiger partial charge >= 0.3 is 0 Å². The summed E-state index contributed by atoms with van der Waals surface area (Å²) in [5, 5.41) is 6.98. The van der Waals surface area contributed by atoms with Crippen molar-refractivity contribution in [2.24, 2.45) is 5.92 Å². The molecule has 5 heteroatoms. The number of amides is 1. The predicted octanol–water partition coefficient (Wildman–Crippen LogP) is 2.74. The van der Waals surface area contributed by atoms with E-state index in [0.717, 1.165) is 17.8 Å². The zero-order chi connectivity index (χ0) is 13.7. The summed E-state index contributed by atoms with van der Waals surface area (Å²) in [7, 11) is 0. The highest BCUT2D eigenvalue weighted by atomic mass is 35.5. The van der Waals surface area contributed by atoms with Gasteiger partial charge in [-0.25, -0.2) is 0 Å². The van der Waals surface area contributed by atoms with Crippen molar-refractivity contribution >= 4 is 23.2 Å². The highest BCUT2D eigenvalue weighted by Gasteiger charge is 2.11. The summed E-state index contributed by atoms with van der Waals surface area (Å²) in [6.45, 7) is 2.52. The lowest BCUT2D eigenvalue weighted by atomic mass is 10.1. The number of hydrogen-bond acceptors (Lipinski definition) is 2. The van der Waals surface area contributed by atoms with Crippen LogP contribution in [0.4, 0.5) is 5.69 Å². The summed E-state index contributed by atoms with van der Waals surface area (Å²) < 4.78 is 1.85. The molecule has 0 aliphatic heterocycles. The Morgan fingerprint density at radius 2 is 2.16 bits per heavy atom. The Morgan fingerprint density at radius 3 is 2.74 bits per heavy atom. The topological polar surface area (TPSA) is 46.9 Å². The minimum absolute atomic E-state index is 0.0603. The zero-order valence-corrected chi connectivity index (χ0v) is 11.5. The van der Waals surface area contributed by atoms with Crippen LogP contribution in [0.2, 0.25) is 0 Å². The van der Waals surface area contributed by atoms with E-state index in [1.54, 1.807) is 13.1 Å². The molecule has 0 aliphatic carbocycles. The summed E-state index contributed by atoms with van der Waals surface area (Å²) >= 11 is 5.65. The number of benzene rings is 1. The molecular formula is C14H16ClN3O.